The van der Waals surface area contributed by atoms with Gasteiger partial charge in [0.15, 0.2) is 0 Å². The van der Waals surface area contributed by atoms with Crippen LogP contribution in [0.5, 0.6) is 0 Å². The molecule has 0 bridgehead atoms. The zero-order valence-electron chi connectivity index (χ0n) is 6.43. The summed E-state index contributed by atoms with van der Waals surface area (Å²) >= 11 is 3.80. The standard InChI is InChI=1S/C8H9NOS2/c10-9-5-6-1-3-11-8-7(6)2-4-12-8/h2,4-5,8,10H,1,3H2/b9-5-. The Balaban J connectivity index is 2.31. The highest BCUT2D eigenvalue weighted by molar-refractivity contribution is 8.19. The molecule has 0 radical (unpaired) electrons. The van der Waals surface area contributed by atoms with Crippen molar-refractivity contribution >= 4 is 29.7 Å². The number of allylic oxidation sites excluding steroid dienone is 2. The minimum Gasteiger partial charge on any atom is -0.411 e. The Bertz CT molecular complexity index is 270. The minimum absolute atomic E-state index is 0.548. The first-order valence-corrected chi connectivity index (χ1v) is 5.75. The molecule has 0 aromatic heterocycles. The van der Waals surface area contributed by atoms with E-state index in [2.05, 4.69) is 16.6 Å². The van der Waals surface area contributed by atoms with Gasteiger partial charge in [0.1, 0.15) is 0 Å². The molecule has 2 rings (SSSR count). The Morgan fingerprint density at radius 1 is 1.67 bits per heavy atom. The van der Waals surface area contributed by atoms with Crippen LogP contribution >= 0.6 is 23.5 Å². The SMILES string of the molecule is O/N=C\C1=C2C=CSC2SCC1. The molecule has 0 saturated carbocycles. The number of hydrogen-bond donors (Lipinski definition) is 1. The van der Waals surface area contributed by atoms with Gasteiger partial charge in [0.2, 0.25) is 0 Å². The molecule has 0 aromatic rings. The molecule has 0 saturated heterocycles. The number of rotatable bonds is 1. The van der Waals surface area contributed by atoms with Gasteiger partial charge in [0, 0.05) is 0 Å². The van der Waals surface area contributed by atoms with Crippen LogP contribution < -0.4 is 0 Å². The van der Waals surface area contributed by atoms with E-state index in [4.69, 9.17) is 5.21 Å². The Hall–Kier alpha value is -0.350. The molecule has 0 fully saturated rings. The molecular weight excluding hydrogens is 190 g/mol. The highest BCUT2D eigenvalue weighted by Gasteiger charge is 2.24. The largest absolute Gasteiger partial charge is 0.411 e. The van der Waals surface area contributed by atoms with Crippen LogP contribution in [0.1, 0.15) is 6.42 Å². The maximum Gasteiger partial charge on any atom is 0.0796 e. The fourth-order valence-electron chi connectivity index (χ4n) is 1.35. The van der Waals surface area contributed by atoms with E-state index in [-0.39, 0.29) is 0 Å². The Morgan fingerprint density at radius 3 is 3.42 bits per heavy atom. The second kappa shape index (κ2) is 3.58. The third-order valence-electron chi connectivity index (χ3n) is 1.93. The van der Waals surface area contributed by atoms with E-state index in [0.29, 0.717) is 4.58 Å². The van der Waals surface area contributed by atoms with Crippen LogP contribution in [0.4, 0.5) is 0 Å². The first-order valence-electron chi connectivity index (χ1n) is 3.76. The molecule has 2 aliphatic rings. The van der Waals surface area contributed by atoms with Crippen LogP contribution in [-0.4, -0.2) is 21.8 Å². The first-order chi connectivity index (χ1) is 5.92. The lowest BCUT2D eigenvalue weighted by Gasteiger charge is -2.19. The van der Waals surface area contributed by atoms with Crippen LogP contribution in [0.15, 0.2) is 27.8 Å². The summed E-state index contributed by atoms with van der Waals surface area (Å²) in [5, 5.41) is 13.6. The van der Waals surface area contributed by atoms with Crippen LogP contribution in [-0.2, 0) is 0 Å². The van der Waals surface area contributed by atoms with Gasteiger partial charge in [0.05, 0.1) is 10.8 Å². The summed E-state index contributed by atoms with van der Waals surface area (Å²) in [5.74, 6) is 1.13. The van der Waals surface area contributed by atoms with Gasteiger partial charge in [-0.3, -0.25) is 0 Å². The highest BCUT2D eigenvalue weighted by Crippen LogP contribution is 2.42. The molecule has 64 valence electrons. The van der Waals surface area contributed by atoms with E-state index in [1.54, 1.807) is 6.21 Å². The van der Waals surface area contributed by atoms with Gasteiger partial charge in [-0.2, -0.15) is 0 Å². The lowest BCUT2D eigenvalue weighted by Crippen LogP contribution is -2.08. The molecule has 2 aliphatic heterocycles. The second-order valence-electron chi connectivity index (χ2n) is 2.62. The van der Waals surface area contributed by atoms with E-state index in [0.717, 1.165) is 12.2 Å². The van der Waals surface area contributed by atoms with Crippen molar-refractivity contribution < 1.29 is 5.21 Å². The third kappa shape index (κ3) is 1.41. The summed E-state index contributed by atoms with van der Waals surface area (Å²) in [6.07, 6.45) is 4.71. The molecular formula is C8H9NOS2. The van der Waals surface area contributed by atoms with Crippen molar-refractivity contribution in [3.05, 3.63) is 22.6 Å². The predicted molar refractivity (Wildman–Crippen MR) is 54.9 cm³/mol. The smallest absolute Gasteiger partial charge is 0.0796 e. The van der Waals surface area contributed by atoms with E-state index < -0.39 is 0 Å². The number of nitrogens with zero attached hydrogens (tertiary/aromatic N) is 1. The average molecular weight is 199 g/mol. The van der Waals surface area contributed by atoms with Gasteiger partial charge in [-0.25, -0.2) is 0 Å². The molecule has 0 aromatic carbocycles. The zero-order chi connectivity index (χ0) is 8.39. The Labute approximate surface area is 79.8 Å². The monoisotopic (exact) mass is 199 g/mol. The van der Waals surface area contributed by atoms with Crippen LogP contribution in [0.3, 0.4) is 0 Å². The fraction of sp³-hybridized carbons (Fsp3) is 0.375. The summed E-state index contributed by atoms with van der Waals surface area (Å²) in [6.45, 7) is 0. The van der Waals surface area contributed by atoms with E-state index in [1.165, 1.54) is 11.1 Å². The summed E-state index contributed by atoms with van der Waals surface area (Å²) in [6, 6.07) is 0. The van der Waals surface area contributed by atoms with Crippen LogP contribution in [0.25, 0.3) is 0 Å². The number of oxime groups is 1. The summed E-state index contributed by atoms with van der Waals surface area (Å²) in [7, 11) is 0. The Kier molecular flexibility index (Phi) is 2.46. The van der Waals surface area contributed by atoms with Gasteiger partial charge in [-0.05, 0) is 28.7 Å². The highest BCUT2D eigenvalue weighted by atomic mass is 32.2. The van der Waals surface area contributed by atoms with Crippen LogP contribution in [0.2, 0.25) is 0 Å². The number of hydrogen-bond acceptors (Lipinski definition) is 4. The minimum atomic E-state index is 0.548. The molecule has 2 heterocycles. The van der Waals surface area contributed by atoms with Gasteiger partial charge >= 0.3 is 0 Å². The third-order valence-corrected chi connectivity index (χ3v) is 4.46. The molecule has 1 atom stereocenters. The average Bonchev–Trinajstić information content (AvgIpc) is 2.53. The molecule has 2 nitrogen and oxygen atoms in total. The van der Waals surface area contributed by atoms with E-state index in [9.17, 15) is 0 Å². The number of thioether (sulfide) groups is 2. The summed E-state index contributed by atoms with van der Waals surface area (Å²) < 4.78 is 0.548. The predicted octanol–water partition coefficient (Wildman–Crippen LogP) is 2.47. The van der Waals surface area contributed by atoms with Crippen molar-refractivity contribution in [2.24, 2.45) is 5.16 Å². The fourth-order valence-corrected chi connectivity index (χ4v) is 3.85. The normalized spacial score (nSPS) is 28.5. The van der Waals surface area contributed by atoms with Crippen molar-refractivity contribution in [3.63, 3.8) is 0 Å². The summed E-state index contributed by atoms with van der Waals surface area (Å²) in [4.78, 5) is 0. The maximum atomic E-state index is 8.44. The lowest BCUT2D eigenvalue weighted by atomic mass is 10.1. The maximum absolute atomic E-state index is 8.44. The van der Waals surface area contributed by atoms with Gasteiger partial charge < -0.3 is 5.21 Å². The summed E-state index contributed by atoms with van der Waals surface area (Å²) in [5.41, 5.74) is 2.51. The van der Waals surface area contributed by atoms with Crippen molar-refractivity contribution in [1.82, 2.24) is 0 Å². The zero-order valence-corrected chi connectivity index (χ0v) is 8.07. The molecule has 0 spiro atoms. The quantitative estimate of drug-likeness (QED) is 0.400. The van der Waals surface area contributed by atoms with Crippen molar-refractivity contribution in [2.45, 2.75) is 11.0 Å². The van der Waals surface area contributed by atoms with Gasteiger partial charge in [-0.15, -0.1) is 23.5 Å². The van der Waals surface area contributed by atoms with E-state index >= 15 is 0 Å². The van der Waals surface area contributed by atoms with Crippen molar-refractivity contribution in [2.75, 3.05) is 5.75 Å². The van der Waals surface area contributed by atoms with Gasteiger partial charge in [-0.1, -0.05) is 11.2 Å². The second-order valence-corrected chi connectivity index (χ2v) is 5.14. The van der Waals surface area contributed by atoms with Crippen molar-refractivity contribution in [3.8, 4) is 0 Å². The molecule has 4 heteroatoms. The molecule has 1 N–H and O–H groups in total. The lowest BCUT2D eigenvalue weighted by molar-refractivity contribution is 0.321. The van der Waals surface area contributed by atoms with Crippen molar-refractivity contribution in [1.29, 1.82) is 0 Å². The number of fused-ring (bicyclic) bond motifs is 1. The topological polar surface area (TPSA) is 32.6 Å². The molecule has 12 heavy (non-hydrogen) atoms. The first kappa shape index (κ1) is 8.26. The van der Waals surface area contributed by atoms with E-state index in [1.807, 2.05) is 23.5 Å². The molecule has 0 aliphatic carbocycles. The molecule has 0 amide bonds. The molecule has 1 unspecified atom stereocenters. The van der Waals surface area contributed by atoms with Crippen LogP contribution in [0, 0.1) is 0 Å². The van der Waals surface area contributed by atoms with Gasteiger partial charge in [0.25, 0.3) is 0 Å². The Morgan fingerprint density at radius 2 is 2.58 bits per heavy atom.